The lowest BCUT2D eigenvalue weighted by Gasteiger charge is -2.13. The lowest BCUT2D eigenvalue weighted by molar-refractivity contribution is -0.116. The molecule has 1 amide bonds. The second-order valence-corrected chi connectivity index (χ2v) is 6.06. The Morgan fingerprint density at radius 1 is 1.19 bits per heavy atom. The Kier molecular flexibility index (Phi) is 3.47. The summed E-state index contributed by atoms with van der Waals surface area (Å²) in [7, 11) is 0. The molecule has 3 rings (SSSR count). The van der Waals surface area contributed by atoms with E-state index in [4.69, 9.17) is 10.5 Å². The summed E-state index contributed by atoms with van der Waals surface area (Å²) in [6.45, 7) is 4.01. The fraction of sp³-hybridized carbons (Fsp3) is 0.188. The van der Waals surface area contributed by atoms with Crippen LogP contribution in [0.2, 0.25) is 0 Å². The van der Waals surface area contributed by atoms with E-state index in [1.165, 1.54) is 0 Å². The zero-order valence-corrected chi connectivity index (χ0v) is 13.3. The maximum atomic E-state index is 11.6. The van der Waals surface area contributed by atoms with Gasteiger partial charge in [0.05, 0.1) is 4.47 Å². The lowest BCUT2D eigenvalue weighted by atomic mass is 10.1. The van der Waals surface area contributed by atoms with Crippen molar-refractivity contribution in [2.75, 3.05) is 5.32 Å². The molecule has 2 aromatic rings. The van der Waals surface area contributed by atoms with Crippen LogP contribution in [-0.4, -0.2) is 5.91 Å². The molecule has 1 unspecified atom stereocenters. The minimum Gasteiger partial charge on any atom is -0.456 e. The third-order valence-corrected chi connectivity index (χ3v) is 4.16. The molecule has 0 spiro atoms. The highest BCUT2D eigenvalue weighted by molar-refractivity contribution is 9.10. The monoisotopic (exact) mass is 346 g/mol. The molecule has 5 heteroatoms. The van der Waals surface area contributed by atoms with Crippen molar-refractivity contribution in [2.24, 2.45) is 5.73 Å². The number of nitrogens with one attached hydrogen (secondary N) is 1. The largest absolute Gasteiger partial charge is 0.456 e. The second kappa shape index (κ2) is 5.16. The fourth-order valence-electron chi connectivity index (χ4n) is 2.30. The van der Waals surface area contributed by atoms with Crippen LogP contribution >= 0.6 is 15.9 Å². The Bertz CT molecular complexity index is 743. The Balaban J connectivity index is 1.99. The van der Waals surface area contributed by atoms with Gasteiger partial charge < -0.3 is 15.8 Å². The Labute approximate surface area is 131 Å². The van der Waals surface area contributed by atoms with Gasteiger partial charge in [-0.05, 0) is 53.0 Å². The van der Waals surface area contributed by atoms with Gasteiger partial charge in [0.15, 0.2) is 0 Å². The van der Waals surface area contributed by atoms with Crippen molar-refractivity contribution in [3.05, 3.63) is 51.5 Å². The van der Waals surface area contributed by atoms with Gasteiger partial charge in [-0.2, -0.15) is 0 Å². The Morgan fingerprint density at radius 3 is 2.71 bits per heavy atom. The molecule has 0 radical (unpaired) electrons. The number of aryl methyl sites for hydroxylation is 2. The molecule has 21 heavy (non-hydrogen) atoms. The SMILES string of the molecule is Cc1ccc(C)c(Oc2cc3c(cc2Br)C(N)C(=O)N3)c1. The molecular formula is C16H15BrN2O2. The predicted molar refractivity (Wildman–Crippen MR) is 85.7 cm³/mol. The summed E-state index contributed by atoms with van der Waals surface area (Å²) < 4.78 is 6.75. The van der Waals surface area contributed by atoms with Crippen LogP contribution in [0.5, 0.6) is 11.5 Å². The van der Waals surface area contributed by atoms with E-state index in [0.717, 1.165) is 26.9 Å². The van der Waals surface area contributed by atoms with Gasteiger partial charge in [0.1, 0.15) is 17.5 Å². The molecule has 1 heterocycles. The van der Waals surface area contributed by atoms with Crippen molar-refractivity contribution >= 4 is 27.5 Å². The first-order valence-electron chi connectivity index (χ1n) is 6.60. The molecule has 1 aliphatic rings. The number of carbonyl (C=O) groups excluding carboxylic acids is 1. The highest BCUT2D eigenvalue weighted by Gasteiger charge is 2.28. The van der Waals surface area contributed by atoms with Crippen molar-refractivity contribution < 1.29 is 9.53 Å². The molecule has 1 atom stereocenters. The fourth-order valence-corrected chi connectivity index (χ4v) is 2.74. The van der Waals surface area contributed by atoms with E-state index in [9.17, 15) is 4.79 Å². The Morgan fingerprint density at radius 2 is 1.95 bits per heavy atom. The second-order valence-electron chi connectivity index (χ2n) is 5.21. The topological polar surface area (TPSA) is 64.3 Å². The molecule has 0 fully saturated rings. The van der Waals surface area contributed by atoms with Crippen molar-refractivity contribution in [3.8, 4) is 11.5 Å². The average molecular weight is 347 g/mol. The summed E-state index contributed by atoms with van der Waals surface area (Å²) in [5.74, 6) is 1.25. The van der Waals surface area contributed by atoms with Gasteiger partial charge in [0.25, 0.3) is 0 Å². The number of nitrogens with two attached hydrogens (primary N) is 1. The quantitative estimate of drug-likeness (QED) is 0.868. The number of rotatable bonds is 2. The van der Waals surface area contributed by atoms with Crippen LogP contribution in [0, 0.1) is 13.8 Å². The first kappa shape index (κ1) is 14.1. The van der Waals surface area contributed by atoms with Gasteiger partial charge in [-0.25, -0.2) is 0 Å². The van der Waals surface area contributed by atoms with E-state index < -0.39 is 6.04 Å². The maximum Gasteiger partial charge on any atom is 0.245 e. The summed E-state index contributed by atoms with van der Waals surface area (Å²) in [6.07, 6.45) is 0. The number of hydrogen-bond donors (Lipinski definition) is 2. The lowest BCUT2D eigenvalue weighted by Crippen LogP contribution is -2.19. The van der Waals surface area contributed by atoms with E-state index >= 15 is 0 Å². The van der Waals surface area contributed by atoms with E-state index in [1.807, 2.05) is 38.1 Å². The number of ether oxygens (including phenoxy) is 1. The summed E-state index contributed by atoms with van der Waals surface area (Å²) in [5, 5.41) is 2.76. The minimum atomic E-state index is -0.619. The van der Waals surface area contributed by atoms with Gasteiger partial charge in [0.2, 0.25) is 5.91 Å². The molecule has 4 nitrogen and oxygen atoms in total. The molecule has 2 aromatic carbocycles. The third kappa shape index (κ3) is 2.54. The number of hydrogen-bond acceptors (Lipinski definition) is 3. The smallest absolute Gasteiger partial charge is 0.245 e. The number of amides is 1. The maximum absolute atomic E-state index is 11.6. The van der Waals surface area contributed by atoms with E-state index in [-0.39, 0.29) is 5.91 Å². The van der Waals surface area contributed by atoms with Crippen LogP contribution in [0.1, 0.15) is 22.7 Å². The molecule has 1 aliphatic heterocycles. The van der Waals surface area contributed by atoms with Gasteiger partial charge >= 0.3 is 0 Å². The van der Waals surface area contributed by atoms with E-state index in [0.29, 0.717) is 11.4 Å². The van der Waals surface area contributed by atoms with Crippen molar-refractivity contribution in [1.82, 2.24) is 0 Å². The highest BCUT2D eigenvalue weighted by Crippen LogP contribution is 2.40. The van der Waals surface area contributed by atoms with Gasteiger partial charge in [-0.1, -0.05) is 12.1 Å². The first-order valence-corrected chi connectivity index (χ1v) is 7.40. The van der Waals surface area contributed by atoms with E-state index in [2.05, 4.69) is 21.2 Å². The number of benzene rings is 2. The Hall–Kier alpha value is -1.85. The van der Waals surface area contributed by atoms with Crippen molar-refractivity contribution in [2.45, 2.75) is 19.9 Å². The molecule has 0 bridgehead atoms. The molecule has 3 N–H and O–H groups in total. The normalized spacial score (nSPS) is 16.6. The highest BCUT2D eigenvalue weighted by atomic mass is 79.9. The van der Waals surface area contributed by atoms with Gasteiger partial charge in [-0.15, -0.1) is 0 Å². The summed E-state index contributed by atoms with van der Waals surface area (Å²) in [6, 6.07) is 9.05. The molecule has 0 aromatic heterocycles. The van der Waals surface area contributed by atoms with Crippen molar-refractivity contribution in [1.29, 1.82) is 0 Å². The summed E-state index contributed by atoms with van der Waals surface area (Å²) in [4.78, 5) is 11.6. The molecule has 0 saturated heterocycles. The zero-order valence-electron chi connectivity index (χ0n) is 11.7. The molecule has 0 saturated carbocycles. The van der Waals surface area contributed by atoms with Crippen LogP contribution < -0.4 is 15.8 Å². The van der Waals surface area contributed by atoms with Gasteiger partial charge in [-0.3, -0.25) is 4.79 Å². The van der Waals surface area contributed by atoms with Crippen LogP contribution in [0.3, 0.4) is 0 Å². The van der Waals surface area contributed by atoms with Crippen LogP contribution in [0.15, 0.2) is 34.8 Å². The number of anilines is 1. The van der Waals surface area contributed by atoms with Crippen LogP contribution in [-0.2, 0) is 4.79 Å². The number of carbonyl (C=O) groups is 1. The minimum absolute atomic E-state index is 0.194. The van der Waals surface area contributed by atoms with E-state index in [1.54, 1.807) is 6.07 Å². The van der Waals surface area contributed by atoms with Crippen LogP contribution in [0.4, 0.5) is 5.69 Å². The number of fused-ring (bicyclic) bond motifs is 1. The molecule has 108 valence electrons. The molecular weight excluding hydrogens is 332 g/mol. The average Bonchev–Trinajstić information content (AvgIpc) is 2.70. The first-order chi connectivity index (χ1) is 9.95. The standard InChI is InChI=1S/C16H15BrN2O2/c1-8-3-4-9(2)13(5-8)21-14-7-12-10(6-11(14)17)15(18)16(20)19-12/h3-7,15H,18H2,1-2H3,(H,19,20). The van der Waals surface area contributed by atoms with Gasteiger partial charge in [0, 0.05) is 17.3 Å². The number of halogens is 1. The zero-order chi connectivity index (χ0) is 15.1. The summed E-state index contributed by atoms with van der Waals surface area (Å²) in [5.41, 5.74) is 9.49. The van der Waals surface area contributed by atoms with Crippen molar-refractivity contribution in [3.63, 3.8) is 0 Å². The summed E-state index contributed by atoms with van der Waals surface area (Å²) >= 11 is 3.48. The third-order valence-electron chi connectivity index (χ3n) is 3.54. The molecule has 0 aliphatic carbocycles. The van der Waals surface area contributed by atoms with Crippen LogP contribution in [0.25, 0.3) is 0 Å². The predicted octanol–water partition coefficient (Wildman–Crippen LogP) is 3.81.